The zero-order valence-electron chi connectivity index (χ0n) is 24.9. The van der Waals surface area contributed by atoms with Gasteiger partial charge in [-0.15, -0.1) is 0 Å². The Morgan fingerprint density at radius 2 is 1.60 bits per heavy atom. The molecule has 0 saturated heterocycles. The maximum absolute atomic E-state index is 14.3. The van der Waals surface area contributed by atoms with Crippen molar-refractivity contribution < 1.29 is 18.0 Å². The minimum atomic E-state index is -3.85. The summed E-state index contributed by atoms with van der Waals surface area (Å²) in [4.78, 5) is 29.9. The molecule has 1 fully saturated rings. The molecule has 1 atom stereocenters. The molecule has 0 radical (unpaired) electrons. The first-order chi connectivity index (χ1) is 20.4. The zero-order valence-corrected chi connectivity index (χ0v) is 27.2. The van der Waals surface area contributed by atoms with Crippen LogP contribution in [-0.2, 0) is 32.6 Å². The number of nitrogens with zero attached hydrogens (tertiary/aromatic N) is 2. The molecule has 7 nitrogen and oxygen atoms in total. The van der Waals surface area contributed by atoms with Crippen LogP contribution >= 0.6 is 23.2 Å². The van der Waals surface area contributed by atoms with Crippen LogP contribution in [0.5, 0.6) is 0 Å². The van der Waals surface area contributed by atoms with Gasteiger partial charge < -0.3 is 10.2 Å². The summed E-state index contributed by atoms with van der Waals surface area (Å²) in [6, 6.07) is 19.1. The maximum atomic E-state index is 14.3. The standard InChI is InChI=1S/C33H39Cl2N3O4S/c1-23-11-10-16-30(24(23)2)38(43(3,41)42)22-32(39)37(21-26-17-18-28(34)29(35)19-26)31(20-25-12-6-4-7-13-25)33(40)36-27-14-8-5-9-15-27/h4,6-7,10-13,16-19,27,31H,5,8-9,14-15,20-22H2,1-3H3,(H,36,40). The zero-order chi connectivity index (χ0) is 31.1. The summed E-state index contributed by atoms with van der Waals surface area (Å²) in [5.74, 6) is -0.765. The number of halogens is 2. The van der Waals surface area contributed by atoms with E-state index in [1.807, 2.05) is 50.2 Å². The van der Waals surface area contributed by atoms with E-state index in [-0.39, 0.29) is 24.9 Å². The van der Waals surface area contributed by atoms with Gasteiger partial charge in [0.05, 0.1) is 22.0 Å². The summed E-state index contributed by atoms with van der Waals surface area (Å²) in [6.45, 7) is 3.29. The van der Waals surface area contributed by atoms with E-state index < -0.39 is 28.5 Å². The van der Waals surface area contributed by atoms with Crippen LogP contribution in [0.15, 0.2) is 66.7 Å². The van der Waals surface area contributed by atoms with Gasteiger partial charge in [-0.05, 0) is 67.1 Å². The highest BCUT2D eigenvalue weighted by Crippen LogP contribution is 2.27. The van der Waals surface area contributed by atoms with E-state index in [1.54, 1.807) is 30.3 Å². The molecule has 1 aliphatic carbocycles. The van der Waals surface area contributed by atoms with E-state index in [0.717, 1.165) is 59.4 Å². The van der Waals surface area contributed by atoms with Crippen LogP contribution in [0.1, 0.15) is 54.4 Å². The molecule has 0 aromatic heterocycles. The summed E-state index contributed by atoms with van der Waals surface area (Å²) in [6.07, 6.45) is 6.34. The number of carbonyl (C=O) groups is 2. The second-order valence-electron chi connectivity index (χ2n) is 11.3. The first-order valence-corrected chi connectivity index (χ1v) is 17.2. The molecular weight excluding hydrogens is 605 g/mol. The molecule has 1 aliphatic rings. The normalized spacial score (nSPS) is 14.6. The van der Waals surface area contributed by atoms with E-state index in [4.69, 9.17) is 23.2 Å². The van der Waals surface area contributed by atoms with E-state index in [0.29, 0.717) is 21.3 Å². The quantitative estimate of drug-likeness (QED) is 0.260. The van der Waals surface area contributed by atoms with Crippen molar-refractivity contribution in [1.29, 1.82) is 0 Å². The van der Waals surface area contributed by atoms with Crippen molar-refractivity contribution in [1.82, 2.24) is 10.2 Å². The van der Waals surface area contributed by atoms with E-state index >= 15 is 0 Å². The minimum absolute atomic E-state index is 0.0314. The Morgan fingerprint density at radius 1 is 0.907 bits per heavy atom. The molecule has 10 heteroatoms. The van der Waals surface area contributed by atoms with Gasteiger partial charge in [-0.25, -0.2) is 8.42 Å². The van der Waals surface area contributed by atoms with Crippen molar-refractivity contribution in [2.75, 3.05) is 17.1 Å². The number of hydrogen-bond acceptors (Lipinski definition) is 4. The van der Waals surface area contributed by atoms with Gasteiger partial charge >= 0.3 is 0 Å². The van der Waals surface area contributed by atoms with Gasteiger partial charge in [0.15, 0.2) is 0 Å². The molecule has 3 aromatic rings. The second kappa shape index (κ2) is 14.6. The van der Waals surface area contributed by atoms with Gasteiger partial charge in [0.25, 0.3) is 0 Å². The first-order valence-electron chi connectivity index (χ1n) is 14.6. The molecule has 0 aliphatic heterocycles. The molecule has 43 heavy (non-hydrogen) atoms. The Hall–Kier alpha value is -3.07. The van der Waals surface area contributed by atoms with Crippen LogP contribution in [0.4, 0.5) is 5.69 Å². The maximum Gasteiger partial charge on any atom is 0.244 e. The number of nitrogens with one attached hydrogen (secondary N) is 1. The summed E-state index contributed by atoms with van der Waals surface area (Å²) in [5.41, 5.74) is 3.64. The van der Waals surface area contributed by atoms with Crippen LogP contribution in [0.3, 0.4) is 0 Å². The third-order valence-corrected chi connectivity index (χ3v) is 9.95. The molecule has 230 valence electrons. The third-order valence-electron chi connectivity index (χ3n) is 8.08. The highest BCUT2D eigenvalue weighted by molar-refractivity contribution is 7.92. The number of anilines is 1. The van der Waals surface area contributed by atoms with Crippen molar-refractivity contribution in [2.24, 2.45) is 0 Å². The largest absolute Gasteiger partial charge is 0.352 e. The van der Waals surface area contributed by atoms with Gasteiger partial charge in [0, 0.05) is 19.0 Å². The van der Waals surface area contributed by atoms with E-state index in [1.165, 1.54) is 4.90 Å². The van der Waals surface area contributed by atoms with Crippen LogP contribution in [0.25, 0.3) is 0 Å². The van der Waals surface area contributed by atoms with Crippen molar-refractivity contribution >= 4 is 50.7 Å². The monoisotopic (exact) mass is 643 g/mol. The van der Waals surface area contributed by atoms with Gasteiger partial charge in [-0.2, -0.15) is 0 Å². The Kier molecular flexibility index (Phi) is 11.2. The molecule has 0 bridgehead atoms. The second-order valence-corrected chi connectivity index (χ2v) is 14.0. The lowest BCUT2D eigenvalue weighted by atomic mass is 9.94. The summed E-state index contributed by atoms with van der Waals surface area (Å²) in [7, 11) is -3.85. The fourth-order valence-electron chi connectivity index (χ4n) is 5.53. The SMILES string of the molecule is Cc1cccc(N(CC(=O)N(Cc2ccc(Cl)c(Cl)c2)C(Cc2ccccc2)C(=O)NC2CCCCC2)S(C)(=O)=O)c1C. The van der Waals surface area contributed by atoms with E-state index in [9.17, 15) is 18.0 Å². The average molecular weight is 645 g/mol. The molecule has 1 N–H and O–H groups in total. The first kappa shape index (κ1) is 32.8. The molecule has 1 saturated carbocycles. The lowest BCUT2D eigenvalue weighted by Gasteiger charge is -2.35. The van der Waals surface area contributed by atoms with Crippen LogP contribution < -0.4 is 9.62 Å². The predicted molar refractivity (Wildman–Crippen MR) is 174 cm³/mol. The number of benzene rings is 3. The Balaban J connectivity index is 1.76. The van der Waals surface area contributed by atoms with Crippen molar-refractivity contribution in [3.05, 3.63) is 99.0 Å². The molecule has 0 heterocycles. The predicted octanol–water partition coefficient (Wildman–Crippen LogP) is 6.47. The van der Waals surface area contributed by atoms with Crippen LogP contribution in [0, 0.1) is 13.8 Å². The number of amides is 2. The van der Waals surface area contributed by atoms with Crippen molar-refractivity contribution in [3.63, 3.8) is 0 Å². The van der Waals surface area contributed by atoms with Gasteiger partial charge in [0.1, 0.15) is 12.6 Å². The van der Waals surface area contributed by atoms with Crippen molar-refractivity contribution in [3.8, 4) is 0 Å². The molecule has 3 aromatic carbocycles. The Morgan fingerprint density at radius 3 is 2.26 bits per heavy atom. The van der Waals surface area contributed by atoms with Crippen molar-refractivity contribution in [2.45, 2.75) is 71.0 Å². The highest BCUT2D eigenvalue weighted by atomic mass is 35.5. The lowest BCUT2D eigenvalue weighted by molar-refractivity contribution is -0.140. The molecular formula is C33H39Cl2N3O4S. The average Bonchev–Trinajstić information content (AvgIpc) is 2.97. The number of hydrogen-bond donors (Lipinski definition) is 1. The highest BCUT2D eigenvalue weighted by Gasteiger charge is 2.34. The molecule has 2 amide bonds. The van der Waals surface area contributed by atoms with E-state index in [2.05, 4.69) is 5.32 Å². The molecule has 0 spiro atoms. The molecule has 4 rings (SSSR count). The van der Waals surface area contributed by atoms with Gasteiger partial charge in [-0.3, -0.25) is 13.9 Å². The number of rotatable bonds is 11. The topological polar surface area (TPSA) is 86.8 Å². The smallest absolute Gasteiger partial charge is 0.244 e. The van der Waals surface area contributed by atoms with Crippen LogP contribution in [0.2, 0.25) is 10.0 Å². The fourth-order valence-corrected chi connectivity index (χ4v) is 6.75. The summed E-state index contributed by atoms with van der Waals surface area (Å²) in [5, 5.41) is 3.90. The minimum Gasteiger partial charge on any atom is -0.352 e. The summed E-state index contributed by atoms with van der Waals surface area (Å²) < 4.78 is 27.3. The fraction of sp³-hybridized carbons (Fsp3) is 0.394. The number of sulfonamides is 1. The van der Waals surface area contributed by atoms with Gasteiger partial charge in [-0.1, -0.05) is 91.0 Å². The van der Waals surface area contributed by atoms with Gasteiger partial charge in [0.2, 0.25) is 21.8 Å². The third kappa shape index (κ3) is 8.74. The van der Waals surface area contributed by atoms with Crippen LogP contribution in [-0.4, -0.2) is 50.0 Å². The molecule has 1 unspecified atom stereocenters. The Labute approximate surface area is 265 Å². The summed E-state index contributed by atoms with van der Waals surface area (Å²) >= 11 is 12.5. The number of aryl methyl sites for hydroxylation is 1. The number of carbonyl (C=O) groups excluding carboxylic acids is 2. The Bertz CT molecular complexity index is 1540. The lowest BCUT2D eigenvalue weighted by Crippen LogP contribution is -2.55.